The van der Waals surface area contributed by atoms with Crippen molar-refractivity contribution >= 4 is 35.9 Å². The molecule has 0 aromatic heterocycles. The molecule has 1 fully saturated rings. The Morgan fingerprint density at radius 3 is 2.10 bits per heavy atom. The monoisotopic (exact) mass is 874 g/mol. The Morgan fingerprint density at radius 2 is 1.52 bits per heavy atom. The van der Waals surface area contributed by atoms with Crippen molar-refractivity contribution in [3.63, 3.8) is 0 Å². The van der Waals surface area contributed by atoms with Gasteiger partial charge in [0.1, 0.15) is 17.8 Å². The number of carbonyl (C=O) groups is 5. The molecule has 1 saturated heterocycles. The van der Waals surface area contributed by atoms with Gasteiger partial charge in [-0.2, -0.15) is 0 Å². The van der Waals surface area contributed by atoms with Crippen LogP contribution in [-0.4, -0.2) is 72.1 Å². The third-order valence-electron chi connectivity index (χ3n) is 12.2. The zero-order valence-corrected chi connectivity index (χ0v) is 39.5. The van der Waals surface area contributed by atoms with E-state index in [2.05, 4.69) is 37.4 Å². The van der Waals surface area contributed by atoms with Gasteiger partial charge in [-0.05, 0) is 129 Å². The molecule has 0 bridgehead atoms. The fourth-order valence-corrected chi connectivity index (χ4v) is 8.76. The van der Waals surface area contributed by atoms with Crippen LogP contribution in [0.25, 0.3) is 6.08 Å². The smallest absolute Gasteiger partial charge is 0.336 e. The number of hydrogen-bond acceptors (Lipinski definition) is 12. The van der Waals surface area contributed by atoms with E-state index < -0.39 is 40.9 Å². The quantitative estimate of drug-likeness (QED) is 0.110. The zero-order valence-electron chi connectivity index (χ0n) is 39.5. The maximum Gasteiger partial charge on any atom is 0.336 e. The molecule has 2 N–H and O–H groups in total. The van der Waals surface area contributed by atoms with E-state index in [1.54, 1.807) is 54.5 Å². The van der Waals surface area contributed by atoms with Crippen molar-refractivity contribution < 1.29 is 52.8 Å². The molecular weight excluding hydrogens is 803 g/mol. The van der Waals surface area contributed by atoms with Crippen LogP contribution in [0.1, 0.15) is 139 Å². The summed E-state index contributed by atoms with van der Waals surface area (Å²) < 4.78 is 27.6. The highest BCUT2D eigenvalue weighted by Crippen LogP contribution is 2.46. The molecule has 2 aliphatic heterocycles. The number of cyclic esters (lactones) is 1. The lowest BCUT2D eigenvalue weighted by Gasteiger charge is -2.44. The normalized spacial score (nSPS) is 25.2. The number of esters is 5. The molecule has 2 heterocycles. The van der Waals surface area contributed by atoms with Gasteiger partial charge in [0.2, 0.25) is 0 Å². The molecule has 7 atom stereocenters. The Kier molecular flexibility index (Phi) is 17.8. The van der Waals surface area contributed by atoms with Crippen LogP contribution in [0.3, 0.4) is 0 Å². The van der Waals surface area contributed by atoms with E-state index in [0.29, 0.717) is 57.8 Å². The minimum atomic E-state index is -0.733. The summed E-state index contributed by atoms with van der Waals surface area (Å²) in [6, 6.07) is 7.27. The van der Waals surface area contributed by atoms with Crippen molar-refractivity contribution in [1.29, 1.82) is 0 Å². The molecule has 0 saturated carbocycles. The van der Waals surface area contributed by atoms with Gasteiger partial charge in [0.05, 0.1) is 48.2 Å². The molecule has 0 radical (unpaired) electrons. The molecule has 63 heavy (non-hydrogen) atoms. The molecule has 5 rings (SSSR count). The highest BCUT2D eigenvalue weighted by Gasteiger charge is 2.44. The van der Waals surface area contributed by atoms with E-state index in [1.807, 2.05) is 45.0 Å². The van der Waals surface area contributed by atoms with E-state index in [0.717, 1.165) is 25.7 Å². The average molecular weight is 874 g/mol. The lowest BCUT2D eigenvalue weighted by Crippen LogP contribution is -2.43. The summed E-state index contributed by atoms with van der Waals surface area (Å²) in [5.41, 5.74) is 3.33. The summed E-state index contributed by atoms with van der Waals surface area (Å²) >= 11 is 0. The fourth-order valence-electron chi connectivity index (χ4n) is 8.76. The lowest BCUT2D eigenvalue weighted by atomic mass is 9.65. The number of ether oxygens (including phenoxy) is 5. The first-order valence-electron chi connectivity index (χ1n) is 22.6. The van der Waals surface area contributed by atoms with Crippen LogP contribution in [0, 0.1) is 29.1 Å². The summed E-state index contributed by atoms with van der Waals surface area (Å²) in [5.74, 6) is -1.49. The van der Waals surface area contributed by atoms with Crippen molar-refractivity contribution in [2.75, 3.05) is 13.2 Å². The third kappa shape index (κ3) is 13.5. The van der Waals surface area contributed by atoms with Gasteiger partial charge < -0.3 is 34.1 Å². The predicted molar refractivity (Wildman–Crippen MR) is 241 cm³/mol. The Morgan fingerprint density at radius 1 is 0.905 bits per heavy atom. The molecule has 1 aromatic carbocycles. The average Bonchev–Trinajstić information content (AvgIpc) is 3.19. The Bertz CT molecular complexity index is 1960. The maximum atomic E-state index is 13.0. The number of aliphatic hydroxyl groups excluding tert-OH is 1. The Labute approximate surface area is 374 Å². The van der Waals surface area contributed by atoms with Gasteiger partial charge in [0, 0.05) is 29.8 Å². The topological polar surface area (TPSA) is 164 Å². The standard InChI is InChI=1S/C26H33NO6.C25H38O5/c1-8-31-24(29)21-16(3)27-17(4)22(25(30)32-9-2)23(21)19-13-11-10-12-18(19)14-15-20(28)33-26(5,6)7;1-6-25(4,5)24(28)30-21-12-15(2)11-17-8-7-16(3)20(23(17)21)10-9-19-13-18(26)14-22(27)29-19/h10-15,23,27H,8-9H2,1-7H3;7-8,11,15-16,18-21,23,26H,6,9-10,12-14H2,1-5H3/b15-14+;/t;15-,16-,18+,19+,20-,21-,23-/m.0/s1. The van der Waals surface area contributed by atoms with Crippen molar-refractivity contribution in [2.45, 2.75) is 151 Å². The number of allylic oxidation sites excluding steroid dienone is 5. The van der Waals surface area contributed by atoms with E-state index in [1.165, 1.54) is 11.6 Å². The minimum Gasteiger partial charge on any atom is -0.463 e. The Balaban J connectivity index is 0.000000278. The second kappa shape index (κ2) is 22.1. The van der Waals surface area contributed by atoms with Gasteiger partial charge >= 0.3 is 29.8 Å². The van der Waals surface area contributed by atoms with Crippen LogP contribution in [0.15, 0.2) is 76.7 Å². The van der Waals surface area contributed by atoms with Crippen LogP contribution in [0.2, 0.25) is 0 Å². The molecule has 0 unspecified atom stereocenters. The third-order valence-corrected chi connectivity index (χ3v) is 12.2. The van der Waals surface area contributed by atoms with Crippen LogP contribution in [-0.2, 0) is 47.7 Å². The number of carbonyl (C=O) groups excluding carboxylic acids is 5. The Hall–Kier alpha value is -4.97. The van der Waals surface area contributed by atoms with E-state index in [-0.39, 0.29) is 49.7 Å². The number of nitrogens with one attached hydrogen (secondary N) is 1. The molecular formula is C51H71NO11. The van der Waals surface area contributed by atoms with E-state index >= 15 is 0 Å². The zero-order chi connectivity index (χ0) is 46.8. The largest absolute Gasteiger partial charge is 0.463 e. The van der Waals surface area contributed by atoms with Crippen LogP contribution in [0.4, 0.5) is 0 Å². The summed E-state index contributed by atoms with van der Waals surface area (Å²) in [6.07, 6.45) is 12.6. The number of hydrogen-bond donors (Lipinski definition) is 2. The van der Waals surface area contributed by atoms with Gasteiger partial charge in [0.15, 0.2) is 0 Å². The second-order valence-corrected chi connectivity index (χ2v) is 18.8. The van der Waals surface area contributed by atoms with Gasteiger partial charge in [-0.1, -0.05) is 63.3 Å². The predicted octanol–water partition coefficient (Wildman–Crippen LogP) is 8.99. The number of benzene rings is 1. The second-order valence-electron chi connectivity index (χ2n) is 18.8. The maximum absolute atomic E-state index is 13.0. The summed E-state index contributed by atoms with van der Waals surface area (Å²) in [7, 11) is 0. The molecule has 4 aliphatic rings. The van der Waals surface area contributed by atoms with Crippen LogP contribution >= 0.6 is 0 Å². The number of dihydropyridines is 1. The fraction of sp³-hybridized carbons (Fsp3) is 0.588. The van der Waals surface area contributed by atoms with Gasteiger partial charge in [0.25, 0.3) is 0 Å². The van der Waals surface area contributed by atoms with Gasteiger partial charge in [-0.25, -0.2) is 14.4 Å². The summed E-state index contributed by atoms with van der Waals surface area (Å²) in [4.78, 5) is 62.8. The number of fused-ring (bicyclic) bond motifs is 1. The molecule has 1 aromatic rings. The molecule has 0 spiro atoms. The van der Waals surface area contributed by atoms with E-state index in [9.17, 15) is 29.1 Å². The molecule has 12 nitrogen and oxygen atoms in total. The van der Waals surface area contributed by atoms with Crippen molar-refractivity contribution in [3.05, 3.63) is 87.8 Å². The first-order valence-corrected chi connectivity index (χ1v) is 22.6. The highest BCUT2D eigenvalue weighted by molar-refractivity contribution is 6.00. The minimum absolute atomic E-state index is 0.0949. The number of rotatable bonds is 13. The first kappa shape index (κ1) is 50.7. The van der Waals surface area contributed by atoms with Gasteiger partial charge in [-0.3, -0.25) is 9.59 Å². The molecule has 12 heteroatoms. The molecule has 0 amide bonds. The van der Waals surface area contributed by atoms with Crippen molar-refractivity contribution in [2.24, 2.45) is 29.1 Å². The first-order chi connectivity index (χ1) is 29.6. The summed E-state index contributed by atoms with van der Waals surface area (Å²) in [5, 5.41) is 13.0. The van der Waals surface area contributed by atoms with Crippen LogP contribution in [0.5, 0.6) is 0 Å². The van der Waals surface area contributed by atoms with Gasteiger partial charge in [-0.15, -0.1) is 0 Å². The highest BCUT2D eigenvalue weighted by atomic mass is 16.6. The summed E-state index contributed by atoms with van der Waals surface area (Å²) in [6.45, 7) is 23.1. The lowest BCUT2D eigenvalue weighted by molar-refractivity contribution is -0.166. The number of aliphatic hydroxyl groups is 1. The van der Waals surface area contributed by atoms with Crippen LogP contribution < -0.4 is 5.32 Å². The molecule has 2 aliphatic carbocycles. The van der Waals surface area contributed by atoms with Crippen molar-refractivity contribution in [3.8, 4) is 0 Å². The van der Waals surface area contributed by atoms with E-state index in [4.69, 9.17) is 23.7 Å². The van der Waals surface area contributed by atoms with Crippen molar-refractivity contribution in [1.82, 2.24) is 5.32 Å². The molecule has 346 valence electrons. The SMILES string of the molecule is CCC(C)(C)C(=O)O[C@H]1C[C@@H](C)C=C2C=C[C@H](C)[C@H](CC[C@@H]3C[C@@H](O)CC(=O)O3)[C@H]21.CCOC(=O)C1=C(C)NC(C)=C(C(=O)OCC)C1c1ccccc1/C=C/C(=O)OC(C)(C)C.